The van der Waals surface area contributed by atoms with Crippen LogP contribution in [0.5, 0.6) is 11.5 Å². The fourth-order valence-corrected chi connectivity index (χ4v) is 3.86. The highest BCUT2D eigenvalue weighted by Gasteiger charge is 2.37. The van der Waals surface area contributed by atoms with Crippen molar-refractivity contribution in [2.24, 2.45) is 0 Å². The Kier molecular flexibility index (Phi) is 5.34. The zero-order chi connectivity index (χ0) is 22.0. The quantitative estimate of drug-likeness (QED) is 0.304. The number of aromatic nitrogens is 2. The van der Waals surface area contributed by atoms with E-state index in [1.165, 1.54) is 0 Å². The number of ether oxygens (including phenoxy) is 1. The first-order valence-corrected chi connectivity index (χ1v) is 10.9. The summed E-state index contributed by atoms with van der Waals surface area (Å²) in [5, 5.41) is 16.8. The third-order valence-electron chi connectivity index (χ3n) is 5.72. The summed E-state index contributed by atoms with van der Waals surface area (Å²) < 4.78 is 5.83. The van der Waals surface area contributed by atoms with Gasteiger partial charge in [0.15, 0.2) is 0 Å². The predicted molar refractivity (Wildman–Crippen MR) is 127 cm³/mol. The number of anilines is 2. The maximum Gasteiger partial charge on any atom is 0.201 e. The first-order valence-electron chi connectivity index (χ1n) is 10.6. The maximum absolute atomic E-state index is 9.44. The Balaban J connectivity index is 1.21. The van der Waals surface area contributed by atoms with E-state index in [1.54, 1.807) is 12.1 Å². The molecule has 160 valence electrons. The van der Waals surface area contributed by atoms with E-state index < -0.39 is 5.54 Å². The lowest BCUT2D eigenvalue weighted by molar-refractivity contribution is 0.356. The molecular weight excluding hydrogens is 422 g/mol. The largest absolute Gasteiger partial charge is 0.457 e. The van der Waals surface area contributed by atoms with Gasteiger partial charge in [-0.05, 0) is 79.4 Å². The van der Waals surface area contributed by atoms with Crippen molar-refractivity contribution < 1.29 is 4.74 Å². The summed E-state index contributed by atoms with van der Waals surface area (Å²) in [5.74, 6) is 2.22. The summed E-state index contributed by atoms with van der Waals surface area (Å²) in [4.78, 5) is 7.94. The van der Waals surface area contributed by atoms with E-state index in [1.807, 2.05) is 54.6 Å². The van der Waals surface area contributed by atoms with Crippen LogP contribution < -0.4 is 15.4 Å². The summed E-state index contributed by atoms with van der Waals surface area (Å²) in [5.41, 5.74) is 3.42. The van der Waals surface area contributed by atoms with Gasteiger partial charge in [-0.3, -0.25) is 0 Å². The van der Waals surface area contributed by atoms with Gasteiger partial charge in [0.2, 0.25) is 5.95 Å². The minimum absolute atomic E-state index is 0.422. The van der Waals surface area contributed by atoms with E-state index in [0.29, 0.717) is 17.5 Å². The number of rotatable bonds is 7. The van der Waals surface area contributed by atoms with E-state index in [9.17, 15) is 5.26 Å². The van der Waals surface area contributed by atoms with Gasteiger partial charge in [0.25, 0.3) is 0 Å². The minimum Gasteiger partial charge on any atom is -0.457 e. The van der Waals surface area contributed by atoms with Crippen LogP contribution in [0.4, 0.5) is 11.6 Å². The van der Waals surface area contributed by atoms with Gasteiger partial charge in [-0.2, -0.15) is 5.26 Å². The molecule has 0 atom stereocenters. The highest BCUT2D eigenvalue weighted by atomic mass is 35.5. The van der Waals surface area contributed by atoms with Crippen LogP contribution in [-0.2, 0) is 6.54 Å². The molecule has 6 nitrogen and oxygen atoms in total. The Morgan fingerprint density at radius 3 is 2.41 bits per heavy atom. The molecule has 7 heteroatoms. The number of H-pyrrole nitrogens is 1. The lowest BCUT2D eigenvalue weighted by Gasteiger charge is -2.36. The molecule has 3 N–H and O–H groups in total. The van der Waals surface area contributed by atoms with Gasteiger partial charge >= 0.3 is 0 Å². The Morgan fingerprint density at radius 1 is 1.03 bits per heavy atom. The SMILES string of the molecule is N#CC1(Nc2ccc3[nH]c(NCc4ccc(Oc5ccc(Cl)cc5)cc4)nc3c2)CCC1. The number of aromatic amines is 1. The molecule has 1 heterocycles. The van der Waals surface area contributed by atoms with E-state index in [0.717, 1.165) is 53.0 Å². The molecular formula is C25H22ClN5O. The van der Waals surface area contributed by atoms with Crippen molar-refractivity contribution in [2.45, 2.75) is 31.3 Å². The molecule has 1 saturated carbocycles. The number of imidazole rings is 1. The van der Waals surface area contributed by atoms with Crippen molar-refractivity contribution in [3.8, 4) is 17.6 Å². The van der Waals surface area contributed by atoms with Crippen LogP contribution in [0.15, 0.2) is 66.7 Å². The summed E-state index contributed by atoms with van der Waals surface area (Å²) in [6.45, 7) is 0.629. The van der Waals surface area contributed by atoms with E-state index in [2.05, 4.69) is 26.7 Å². The number of hydrogen-bond donors (Lipinski definition) is 3. The molecule has 0 spiro atoms. The number of nitrogens with one attached hydrogen (secondary N) is 3. The third kappa shape index (κ3) is 4.34. The van der Waals surface area contributed by atoms with Crippen LogP contribution in [-0.4, -0.2) is 15.5 Å². The molecule has 0 saturated heterocycles. The van der Waals surface area contributed by atoms with Crippen molar-refractivity contribution in [1.29, 1.82) is 5.26 Å². The second-order valence-corrected chi connectivity index (χ2v) is 8.48. The van der Waals surface area contributed by atoms with Crippen LogP contribution in [0.2, 0.25) is 5.02 Å². The molecule has 5 rings (SSSR count). The Bertz CT molecular complexity index is 1270. The molecule has 1 aromatic heterocycles. The number of halogens is 1. The molecule has 3 aromatic carbocycles. The normalized spacial score (nSPS) is 14.4. The molecule has 1 aliphatic rings. The van der Waals surface area contributed by atoms with E-state index in [-0.39, 0.29) is 0 Å². The summed E-state index contributed by atoms with van der Waals surface area (Å²) in [7, 11) is 0. The van der Waals surface area contributed by atoms with Gasteiger partial charge in [0.1, 0.15) is 17.0 Å². The van der Waals surface area contributed by atoms with Crippen molar-refractivity contribution in [3.63, 3.8) is 0 Å². The maximum atomic E-state index is 9.44. The van der Waals surface area contributed by atoms with E-state index >= 15 is 0 Å². The number of nitrogens with zero attached hydrogens (tertiary/aromatic N) is 2. The zero-order valence-electron chi connectivity index (χ0n) is 17.4. The monoisotopic (exact) mass is 443 g/mol. The lowest BCUT2D eigenvalue weighted by atomic mass is 9.78. The first kappa shape index (κ1) is 20.2. The van der Waals surface area contributed by atoms with Crippen LogP contribution in [0, 0.1) is 11.3 Å². The molecule has 0 aliphatic heterocycles. The molecule has 1 aliphatic carbocycles. The van der Waals surface area contributed by atoms with E-state index in [4.69, 9.17) is 16.3 Å². The van der Waals surface area contributed by atoms with Gasteiger partial charge in [0.05, 0.1) is 17.1 Å². The zero-order valence-corrected chi connectivity index (χ0v) is 18.1. The van der Waals surface area contributed by atoms with Crippen molar-refractivity contribution in [3.05, 3.63) is 77.3 Å². The Hall–Kier alpha value is -3.69. The first-order chi connectivity index (χ1) is 15.6. The van der Waals surface area contributed by atoms with Gasteiger partial charge in [-0.1, -0.05) is 23.7 Å². The Labute approximate surface area is 191 Å². The molecule has 0 amide bonds. The average molecular weight is 444 g/mol. The topological polar surface area (TPSA) is 85.8 Å². The summed E-state index contributed by atoms with van der Waals surface area (Å²) >= 11 is 5.91. The lowest BCUT2D eigenvalue weighted by Crippen LogP contribution is -2.43. The number of fused-ring (bicyclic) bond motifs is 1. The predicted octanol–water partition coefficient (Wildman–Crippen LogP) is 6.48. The highest BCUT2D eigenvalue weighted by Crippen LogP contribution is 2.35. The van der Waals surface area contributed by atoms with Crippen molar-refractivity contribution in [2.75, 3.05) is 10.6 Å². The molecule has 32 heavy (non-hydrogen) atoms. The number of nitriles is 1. The third-order valence-corrected chi connectivity index (χ3v) is 5.97. The molecule has 0 unspecified atom stereocenters. The molecule has 1 fully saturated rings. The van der Waals surface area contributed by atoms with Crippen LogP contribution in [0.25, 0.3) is 11.0 Å². The van der Waals surface area contributed by atoms with Gasteiger partial charge in [-0.15, -0.1) is 0 Å². The smallest absolute Gasteiger partial charge is 0.201 e. The second kappa shape index (κ2) is 8.45. The standard InChI is InChI=1S/C25H22ClN5O/c26-18-4-9-21(10-5-18)32-20-7-2-17(3-8-20)15-28-24-29-22-11-6-19(14-23(22)30-24)31-25(16-27)12-1-13-25/h2-11,14,31H,1,12-13,15H2,(H2,28,29,30). The summed E-state index contributed by atoms with van der Waals surface area (Å²) in [6, 6.07) is 23.6. The Morgan fingerprint density at radius 2 is 1.75 bits per heavy atom. The number of hydrogen-bond acceptors (Lipinski definition) is 5. The van der Waals surface area contributed by atoms with Gasteiger partial charge in [-0.25, -0.2) is 4.98 Å². The van der Waals surface area contributed by atoms with Gasteiger partial charge in [0, 0.05) is 17.3 Å². The molecule has 0 bridgehead atoms. The van der Waals surface area contributed by atoms with Crippen molar-refractivity contribution >= 4 is 34.3 Å². The average Bonchev–Trinajstić information content (AvgIpc) is 3.19. The van der Waals surface area contributed by atoms with Crippen LogP contribution in [0.3, 0.4) is 0 Å². The summed E-state index contributed by atoms with van der Waals surface area (Å²) in [6.07, 6.45) is 2.87. The highest BCUT2D eigenvalue weighted by molar-refractivity contribution is 6.30. The fraction of sp³-hybridized carbons (Fsp3) is 0.200. The van der Waals surface area contributed by atoms with Crippen LogP contribution in [0.1, 0.15) is 24.8 Å². The second-order valence-electron chi connectivity index (χ2n) is 8.04. The fourth-order valence-electron chi connectivity index (χ4n) is 3.74. The van der Waals surface area contributed by atoms with Crippen molar-refractivity contribution in [1.82, 2.24) is 9.97 Å². The molecule has 0 radical (unpaired) electrons. The van der Waals surface area contributed by atoms with Crippen LogP contribution >= 0.6 is 11.6 Å². The van der Waals surface area contributed by atoms with Gasteiger partial charge < -0.3 is 20.4 Å². The molecule has 4 aromatic rings. The number of benzene rings is 3. The minimum atomic E-state index is -0.422.